The van der Waals surface area contributed by atoms with Gasteiger partial charge in [-0.25, -0.2) is 14.5 Å². The molecule has 4 aromatic carbocycles. The van der Waals surface area contributed by atoms with E-state index in [1.807, 2.05) is 92.7 Å². The van der Waals surface area contributed by atoms with E-state index < -0.39 is 0 Å². The summed E-state index contributed by atoms with van der Waals surface area (Å²) in [5.41, 5.74) is 6.49. The normalized spacial score (nSPS) is 11.1. The second kappa shape index (κ2) is 13.2. The van der Waals surface area contributed by atoms with E-state index in [9.17, 15) is 4.79 Å². The van der Waals surface area contributed by atoms with Crippen LogP contribution in [-0.2, 0) is 6.42 Å². The van der Waals surface area contributed by atoms with Crippen LogP contribution in [0.4, 0.5) is 27.9 Å². The molecule has 240 valence electrons. The third kappa shape index (κ3) is 6.52. The number of unbranched alkanes of at least 4 members (excludes halogenated alkanes) is 1. The van der Waals surface area contributed by atoms with Crippen LogP contribution in [0.15, 0.2) is 97.3 Å². The summed E-state index contributed by atoms with van der Waals surface area (Å²) in [6.07, 6.45) is 6.34. The molecule has 3 aromatic heterocycles. The van der Waals surface area contributed by atoms with Gasteiger partial charge in [-0.15, -0.1) is 0 Å². The molecule has 0 aliphatic rings. The average molecular weight is 638 g/mol. The molecule has 3 heterocycles. The van der Waals surface area contributed by atoms with Gasteiger partial charge >= 0.3 is 6.03 Å². The maximum absolute atomic E-state index is 13.4. The molecule has 48 heavy (non-hydrogen) atoms. The van der Waals surface area contributed by atoms with Crippen LogP contribution in [0.5, 0.6) is 11.6 Å². The lowest BCUT2D eigenvalue weighted by Crippen LogP contribution is -2.21. The predicted octanol–water partition coefficient (Wildman–Crippen LogP) is 8.83. The second-order valence-corrected chi connectivity index (χ2v) is 11.7. The third-order valence-corrected chi connectivity index (χ3v) is 8.05. The lowest BCUT2D eigenvalue weighted by molar-refractivity contribution is 0.262. The van der Waals surface area contributed by atoms with E-state index >= 15 is 0 Å². The number of fused-ring (bicyclic) bond motifs is 2. The smallest absolute Gasteiger partial charge is 0.324 e. The largest absolute Gasteiger partial charge is 0.438 e. The van der Waals surface area contributed by atoms with Crippen LogP contribution in [0, 0.1) is 13.8 Å². The topological polar surface area (TPSA) is 135 Å². The van der Waals surface area contributed by atoms with Crippen molar-refractivity contribution >= 4 is 50.8 Å². The fourth-order valence-corrected chi connectivity index (χ4v) is 5.63. The van der Waals surface area contributed by atoms with Gasteiger partial charge in [0.15, 0.2) is 0 Å². The van der Waals surface area contributed by atoms with Crippen molar-refractivity contribution in [2.45, 2.75) is 40.0 Å². The number of rotatable bonds is 10. The number of hydrogen-bond acceptors (Lipinski definition) is 7. The Morgan fingerprint density at radius 1 is 0.938 bits per heavy atom. The van der Waals surface area contributed by atoms with Crippen molar-refractivity contribution < 1.29 is 9.53 Å². The number of amides is 2. The first-order valence-corrected chi connectivity index (χ1v) is 15.9. The average Bonchev–Trinajstić information content (AvgIpc) is 3.73. The Hall–Kier alpha value is -6.23. The molecule has 11 nitrogen and oxygen atoms in total. The Kier molecular flexibility index (Phi) is 8.40. The van der Waals surface area contributed by atoms with Crippen molar-refractivity contribution in [3.05, 3.63) is 114 Å². The lowest BCUT2D eigenvalue weighted by Gasteiger charge is -2.14. The lowest BCUT2D eigenvalue weighted by atomic mass is 10.1. The molecular formula is C37H35N9O2. The molecule has 0 saturated carbocycles. The Morgan fingerprint density at radius 2 is 1.77 bits per heavy atom. The SMILES string of the molecule is CCCCc1cc(NC(=O)Nc2ccc(Oc3ccnc(Nc4cc(C)c5[nH]ncc5c4)n3)c3ccccc23)n(-c2ccc(C)cc2)n1. The van der Waals surface area contributed by atoms with E-state index in [2.05, 4.69) is 43.0 Å². The van der Waals surface area contributed by atoms with Crippen LogP contribution < -0.4 is 20.7 Å². The Morgan fingerprint density at radius 3 is 2.60 bits per heavy atom. The van der Waals surface area contributed by atoms with Crippen molar-refractivity contribution in [2.24, 2.45) is 0 Å². The van der Waals surface area contributed by atoms with Crippen LogP contribution in [-0.4, -0.2) is 36.0 Å². The molecule has 0 bridgehead atoms. The molecule has 0 aliphatic carbocycles. The number of hydrogen-bond donors (Lipinski definition) is 4. The molecule has 7 rings (SSSR count). The van der Waals surface area contributed by atoms with Gasteiger partial charge in [0.25, 0.3) is 0 Å². The number of nitrogens with zero attached hydrogens (tertiary/aromatic N) is 5. The summed E-state index contributed by atoms with van der Waals surface area (Å²) in [6.45, 7) is 6.21. The molecule has 2 amide bonds. The van der Waals surface area contributed by atoms with Crippen molar-refractivity contribution in [1.82, 2.24) is 29.9 Å². The third-order valence-electron chi connectivity index (χ3n) is 8.05. The first-order valence-electron chi connectivity index (χ1n) is 15.9. The van der Waals surface area contributed by atoms with E-state index in [-0.39, 0.29) is 6.03 Å². The Labute approximate surface area is 277 Å². The van der Waals surface area contributed by atoms with Gasteiger partial charge in [-0.2, -0.15) is 15.2 Å². The molecule has 4 N–H and O–H groups in total. The highest BCUT2D eigenvalue weighted by Gasteiger charge is 2.15. The number of anilines is 4. The van der Waals surface area contributed by atoms with Crippen LogP contribution in [0.3, 0.4) is 0 Å². The fraction of sp³-hybridized carbons (Fsp3) is 0.162. The Bertz CT molecular complexity index is 2240. The van der Waals surface area contributed by atoms with Gasteiger partial charge in [0.2, 0.25) is 11.8 Å². The summed E-state index contributed by atoms with van der Waals surface area (Å²) in [6, 6.07) is 26.7. The van der Waals surface area contributed by atoms with Gasteiger partial charge in [0, 0.05) is 40.2 Å². The number of benzene rings is 4. The van der Waals surface area contributed by atoms with Crippen LogP contribution in [0.1, 0.15) is 36.6 Å². The summed E-state index contributed by atoms with van der Waals surface area (Å²) in [5.74, 6) is 1.96. The summed E-state index contributed by atoms with van der Waals surface area (Å²) < 4.78 is 8.05. The second-order valence-electron chi connectivity index (χ2n) is 11.7. The van der Waals surface area contributed by atoms with Crippen LogP contribution >= 0.6 is 0 Å². The van der Waals surface area contributed by atoms with Gasteiger partial charge in [-0.1, -0.05) is 55.3 Å². The van der Waals surface area contributed by atoms with Gasteiger partial charge in [0.1, 0.15) is 11.6 Å². The zero-order valence-electron chi connectivity index (χ0n) is 26.9. The van der Waals surface area contributed by atoms with Crippen LogP contribution in [0.2, 0.25) is 0 Å². The van der Waals surface area contributed by atoms with Crippen molar-refractivity contribution in [3.63, 3.8) is 0 Å². The fourth-order valence-electron chi connectivity index (χ4n) is 5.63. The van der Waals surface area contributed by atoms with E-state index in [0.29, 0.717) is 29.1 Å². The molecule has 0 aliphatic heterocycles. The number of aromatic amines is 1. The quantitative estimate of drug-likeness (QED) is 0.118. The minimum Gasteiger partial charge on any atom is -0.438 e. The summed E-state index contributed by atoms with van der Waals surface area (Å²) in [5, 5.41) is 23.9. The summed E-state index contributed by atoms with van der Waals surface area (Å²) in [4.78, 5) is 22.4. The highest BCUT2D eigenvalue weighted by atomic mass is 16.5. The standard InChI is InChI=1S/C37H35N9O2/c1-4-5-8-26-21-33(46(45-26)28-13-11-23(2)12-14-28)42-37(47)41-31-15-16-32(30-10-7-6-9-29(30)31)48-34-17-18-38-36(43-34)40-27-19-24(3)35-25(20-27)22-39-44-35/h6-7,9-22H,4-5,8H2,1-3H3,(H,39,44)(H,38,40,43)(H2,41,42,47). The first kappa shape index (κ1) is 30.4. The summed E-state index contributed by atoms with van der Waals surface area (Å²) in [7, 11) is 0. The van der Waals surface area contributed by atoms with Crippen molar-refractivity contribution in [2.75, 3.05) is 16.0 Å². The molecule has 11 heteroatoms. The van der Waals surface area contributed by atoms with Crippen LogP contribution in [0.25, 0.3) is 27.4 Å². The minimum absolute atomic E-state index is 0.375. The number of urea groups is 1. The zero-order chi connectivity index (χ0) is 33.0. The molecule has 0 spiro atoms. The van der Waals surface area contributed by atoms with E-state index in [1.54, 1.807) is 23.1 Å². The minimum atomic E-state index is -0.375. The molecule has 0 unspecified atom stereocenters. The van der Waals surface area contributed by atoms with E-state index in [0.717, 1.165) is 69.1 Å². The number of H-pyrrole nitrogens is 1. The zero-order valence-corrected chi connectivity index (χ0v) is 26.9. The first-order chi connectivity index (χ1) is 23.4. The molecule has 0 atom stereocenters. The molecule has 7 aromatic rings. The van der Waals surface area contributed by atoms with Gasteiger partial charge in [-0.3, -0.25) is 10.4 Å². The van der Waals surface area contributed by atoms with Gasteiger partial charge in [0.05, 0.1) is 28.8 Å². The number of carbonyl (C=O) groups excluding carboxylic acids is 1. The molecule has 0 radical (unpaired) electrons. The van der Waals surface area contributed by atoms with E-state index in [1.165, 1.54) is 0 Å². The maximum atomic E-state index is 13.4. The summed E-state index contributed by atoms with van der Waals surface area (Å²) >= 11 is 0. The number of aryl methyl sites for hydroxylation is 3. The van der Waals surface area contributed by atoms with Crippen molar-refractivity contribution in [1.29, 1.82) is 0 Å². The molecule has 0 saturated heterocycles. The van der Waals surface area contributed by atoms with Gasteiger partial charge in [-0.05, 0) is 68.7 Å². The predicted molar refractivity (Wildman–Crippen MR) is 190 cm³/mol. The number of carbonyl (C=O) groups is 1. The van der Waals surface area contributed by atoms with Gasteiger partial charge < -0.3 is 15.4 Å². The number of aromatic nitrogens is 6. The highest BCUT2D eigenvalue weighted by molar-refractivity contribution is 6.07. The number of ether oxygens (including phenoxy) is 1. The molecular weight excluding hydrogens is 602 g/mol. The molecule has 0 fully saturated rings. The van der Waals surface area contributed by atoms with E-state index in [4.69, 9.17) is 9.84 Å². The number of nitrogens with one attached hydrogen (secondary N) is 4. The van der Waals surface area contributed by atoms with Crippen molar-refractivity contribution in [3.8, 4) is 17.3 Å². The monoisotopic (exact) mass is 637 g/mol. The maximum Gasteiger partial charge on any atom is 0.324 e. The highest BCUT2D eigenvalue weighted by Crippen LogP contribution is 2.34. The Balaban J connectivity index is 1.10.